The van der Waals surface area contributed by atoms with Gasteiger partial charge >= 0.3 is 6.18 Å². The monoisotopic (exact) mass is 701 g/mol. The highest BCUT2D eigenvalue weighted by Crippen LogP contribution is 2.34. The fraction of sp³-hybridized carbons (Fsp3) is 0.543. The van der Waals surface area contributed by atoms with Crippen molar-refractivity contribution in [2.75, 3.05) is 30.3 Å². The zero-order chi connectivity index (χ0) is 36.4. The van der Waals surface area contributed by atoms with Crippen LogP contribution in [0.3, 0.4) is 0 Å². The number of alkyl halides is 4. The second-order valence-corrected chi connectivity index (χ2v) is 13.8. The van der Waals surface area contributed by atoms with Gasteiger partial charge in [0.25, 0.3) is 0 Å². The first-order valence-corrected chi connectivity index (χ1v) is 16.9. The first kappa shape index (κ1) is 36.7. The van der Waals surface area contributed by atoms with Crippen LogP contribution < -0.4 is 16.0 Å². The van der Waals surface area contributed by atoms with Gasteiger partial charge in [0.2, 0.25) is 17.7 Å². The Morgan fingerprint density at radius 3 is 2.50 bits per heavy atom. The molecule has 0 unspecified atom stereocenters. The maximum Gasteiger partial charge on any atom is 0.433 e. The molecule has 15 heteroatoms. The third-order valence-corrected chi connectivity index (χ3v) is 9.10. The number of aryl methyl sites for hydroxylation is 2. The van der Waals surface area contributed by atoms with Crippen LogP contribution >= 0.6 is 0 Å². The van der Waals surface area contributed by atoms with Crippen molar-refractivity contribution >= 4 is 45.9 Å². The molecular weight excluding hydrogens is 658 g/mol. The molecule has 0 spiro atoms. The summed E-state index contributed by atoms with van der Waals surface area (Å²) in [6.45, 7) is 6.21. The van der Waals surface area contributed by atoms with Crippen molar-refractivity contribution in [1.29, 1.82) is 0 Å². The van der Waals surface area contributed by atoms with E-state index in [9.17, 15) is 32.3 Å². The van der Waals surface area contributed by atoms with E-state index >= 15 is 4.39 Å². The van der Waals surface area contributed by atoms with Crippen LogP contribution in [0.2, 0.25) is 0 Å². The molecular formula is C35H43F4N7O4. The van der Waals surface area contributed by atoms with Gasteiger partial charge in [0.1, 0.15) is 35.5 Å². The minimum atomic E-state index is -4.77. The number of hydrogen-bond acceptors (Lipinski definition) is 7. The zero-order valence-electron chi connectivity index (χ0n) is 28.7. The van der Waals surface area contributed by atoms with Crippen LogP contribution in [0, 0.1) is 12.8 Å². The highest BCUT2D eigenvalue weighted by atomic mass is 19.4. The molecule has 1 aromatic carbocycles. The molecule has 0 aliphatic carbocycles. The van der Waals surface area contributed by atoms with E-state index < -0.39 is 61.5 Å². The molecule has 1 fully saturated rings. The molecule has 2 aliphatic rings. The molecule has 5 rings (SSSR count). The molecule has 50 heavy (non-hydrogen) atoms. The number of hydrogen-bond donors (Lipinski definition) is 3. The normalized spacial score (nSPS) is 20.9. The maximum absolute atomic E-state index is 16.4. The molecule has 11 nitrogen and oxygen atoms in total. The highest BCUT2D eigenvalue weighted by Gasteiger charge is 2.50. The van der Waals surface area contributed by atoms with Gasteiger partial charge < -0.3 is 20.9 Å². The van der Waals surface area contributed by atoms with Crippen LogP contribution in [0.1, 0.15) is 86.6 Å². The minimum Gasteiger partial charge on any atom is -0.385 e. The second-order valence-electron chi connectivity index (χ2n) is 13.8. The smallest absolute Gasteiger partial charge is 0.385 e. The molecule has 3 amide bonds. The van der Waals surface area contributed by atoms with E-state index in [1.165, 1.54) is 18.5 Å². The van der Waals surface area contributed by atoms with E-state index in [1.54, 1.807) is 0 Å². The van der Waals surface area contributed by atoms with Crippen LogP contribution in [-0.4, -0.2) is 74.5 Å². The van der Waals surface area contributed by atoms with Gasteiger partial charge in [-0.1, -0.05) is 32.8 Å². The number of Topliss-reactive ketones (excluding diaryl/α,β-unsaturated/α-hetero) is 1. The van der Waals surface area contributed by atoms with Gasteiger partial charge in [-0.25, -0.2) is 9.37 Å². The van der Waals surface area contributed by atoms with E-state index in [2.05, 4.69) is 39.9 Å². The van der Waals surface area contributed by atoms with Gasteiger partial charge in [0.15, 0.2) is 5.78 Å². The molecule has 3 aromatic rings. The summed E-state index contributed by atoms with van der Waals surface area (Å²) in [7, 11) is 0. The van der Waals surface area contributed by atoms with Gasteiger partial charge in [0.05, 0.1) is 18.6 Å². The van der Waals surface area contributed by atoms with E-state index in [0.29, 0.717) is 36.2 Å². The van der Waals surface area contributed by atoms with E-state index in [4.69, 9.17) is 0 Å². The lowest BCUT2D eigenvalue weighted by atomic mass is 10.00. The van der Waals surface area contributed by atoms with Crippen LogP contribution in [-0.2, 0) is 33.5 Å². The van der Waals surface area contributed by atoms with Gasteiger partial charge in [0, 0.05) is 37.4 Å². The number of amides is 3. The molecule has 2 bridgehead atoms. The van der Waals surface area contributed by atoms with Crippen LogP contribution in [0.5, 0.6) is 0 Å². The van der Waals surface area contributed by atoms with E-state index in [1.807, 2.05) is 12.1 Å². The number of nitrogens with zero attached hydrogens (tertiary/aromatic N) is 4. The average Bonchev–Trinajstić information content (AvgIpc) is 3.59. The number of anilines is 2. The van der Waals surface area contributed by atoms with Crippen LogP contribution in [0.15, 0.2) is 24.3 Å². The summed E-state index contributed by atoms with van der Waals surface area (Å²) in [4.78, 5) is 57.8. The number of halogens is 4. The van der Waals surface area contributed by atoms with Crippen molar-refractivity contribution in [1.82, 2.24) is 25.0 Å². The summed E-state index contributed by atoms with van der Waals surface area (Å²) in [6, 6.07) is 4.30. The van der Waals surface area contributed by atoms with Gasteiger partial charge in [-0.2, -0.15) is 18.3 Å². The molecule has 1 saturated heterocycles. The topological polar surface area (TPSA) is 138 Å². The van der Waals surface area contributed by atoms with E-state index in [0.717, 1.165) is 47.5 Å². The first-order chi connectivity index (χ1) is 23.5. The molecule has 2 aromatic heterocycles. The number of rotatable bonds is 6. The number of benzene rings is 1. The van der Waals surface area contributed by atoms with Crippen molar-refractivity contribution < 1.29 is 36.7 Å². The van der Waals surface area contributed by atoms with Gasteiger partial charge in [-0.3, -0.25) is 23.9 Å². The van der Waals surface area contributed by atoms with Crippen LogP contribution in [0.4, 0.5) is 29.1 Å². The molecule has 2 aliphatic heterocycles. The molecule has 0 radical (unpaired) electrons. The van der Waals surface area contributed by atoms with Crippen molar-refractivity contribution in [3.8, 4) is 0 Å². The Hall–Kier alpha value is -4.56. The lowest BCUT2D eigenvalue weighted by molar-refractivity contribution is -0.141. The lowest BCUT2D eigenvalue weighted by Crippen LogP contribution is -2.45. The number of nitrogens with one attached hydrogen (secondary N) is 3. The Labute approximate surface area is 287 Å². The van der Waals surface area contributed by atoms with E-state index in [-0.39, 0.29) is 35.2 Å². The fourth-order valence-corrected chi connectivity index (χ4v) is 6.49. The Bertz CT molecular complexity index is 1790. The second kappa shape index (κ2) is 14.7. The lowest BCUT2D eigenvalue weighted by Gasteiger charge is -2.24. The largest absolute Gasteiger partial charge is 0.433 e. The number of carbonyl (C=O) groups excluding carboxylic acids is 4. The average molecular weight is 702 g/mol. The third kappa shape index (κ3) is 8.41. The molecule has 0 saturated carbocycles. The van der Waals surface area contributed by atoms with Gasteiger partial charge in [-0.05, 0) is 61.4 Å². The predicted octanol–water partition coefficient (Wildman–Crippen LogP) is 5.60. The summed E-state index contributed by atoms with van der Waals surface area (Å²) in [5.41, 5.74) is -0.803. The number of fused-ring (bicyclic) bond motifs is 2. The van der Waals surface area contributed by atoms with Crippen LogP contribution in [0.25, 0.3) is 10.9 Å². The highest BCUT2D eigenvalue weighted by molar-refractivity contribution is 6.07. The Balaban J connectivity index is 1.54. The number of pyridine rings is 1. The molecule has 4 heterocycles. The fourth-order valence-electron chi connectivity index (χ4n) is 6.49. The number of ketones is 1. The van der Waals surface area contributed by atoms with Crippen molar-refractivity contribution in [3.05, 3.63) is 46.8 Å². The minimum absolute atomic E-state index is 0.168. The summed E-state index contributed by atoms with van der Waals surface area (Å²) in [6.07, 6.45) is -1.57. The maximum atomic E-state index is 16.4. The van der Waals surface area contributed by atoms with Gasteiger partial charge in [-0.15, -0.1) is 0 Å². The third-order valence-electron chi connectivity index (χ3n) is 9.10. The summed E-state index contributed by atoms with van der Waals surface area (Å²) in [5.74, 6) is -2.30. The Morgan fingerprint density at radius 2 is 1.82 bits per heavy atom. The quantitative estimate of drug-likeness (QED) is 0.225. The zero-order valence-corrected chi connectivity index (χ0v) is 28.7. The van der Waals surface area contributed by atoms with Crippen molar-refractivity contribution in [2.45, 2.75) is 97.1 Å². The number of carbonyl (C=O) groups is 4. The number of aromatic nitrogens is 3. The Kier molecular flexibility index (Phi) is 10.8. The molecule has 270 valence electrons. The summed E-state index contributed by atoms with van der Waals surface area (Å²) >= 11 is 0. The van der Waals surface area contributed by atoms with Crippen molar-refractivity contribution in [3.63, 3.8) is 0 Å². The summed E-state index contributed by atoms with van der Waals surface area (Å²) in [5, 5.41) is 13.5. The SMILES string of the molecule is CC(=O)c1nn2c3c(cc(NCC(C)C)cc13)CCCCCCC(=O)NC[C@@]1(F)C[C@@H](C(=O)Nc3nc(C(F)(F)F)ccc3C)N(C1)C(=O)C2. The standard InChI is InChI=1S/C35H43F4N7O4/c1-20(2)16-40-24-13-23-9-7-5-6-8-10-28(48)41-18-34(36)15-26(33(50)43-32-21(3)11-12-27(42-32)35(37,38)39)45(19-34)29(49)17-46-31(23)25(14-24)30(44-46)22(4)47/h11-14,20,26,40H,5-10,15-19H2,1-4H3,(H,41,48)(H,42,43,50)/t26-,34-/m0/s1. The molecule has 2 atom stereocenters. The molecule has 3 N–H and O–H groups in total. The Morgan fingerprint density at radius 1 is 1.10 bits per heavy atom. The first-order valence-electron chi connectivity index (χ1n) is 16.9. The predicted molar refractivity (Wildman–Crippen MR) is 179 cm³/mol. The van der Waals surface area contributed by atoms with Crippen molar-refractivity contribution in [2.24, 2.45) is 5.92 Å². The summed E-state index contributed by atoms with van der Waals surface area (Å²) < 4.78 is 58.1.